The molecule has 0 aliphatic carbocycles. The third-order valence-electron chi connectivity index (χ3n) is 2.52. The fraction of sp³-hybridized carbons (Fsp3) is 0.875. The molecule has 0 aromatic heterocycles. The van der Waals surface area contributed by atoms with Crippen LogP contribution in [0.25, 0.3) is 0 Å². The predicted molar refractivity (Wildman–Crippen MR) is 42.3 cm³/mol. The number of likely N-dealkylation sites (N-methyl/N-ethyl adjacent to an activating group) is 1. The Morgan fingerprint density at radius 1 is 1.55 bits per heavy atom. The topological polar surface area (TPSA) is 29.5 Å². The van der Waals surface area contributed by atoms with Crippen molar-refractivity contribution in [1.82, 2.24) is 4.90 Å². The Bertz CT molecular complexity index is 158. The molecule has 1 rings (SSSR count). The Morgan fingerprint density at radius 2 is 2.18 bits per heavy atom. The van der Waals surface area contributed by atoms with Gasteiger partial charge in [-0.3, -0.25) is 9.69 Å². The van der Waals surface area contributed by atoms with Gasteiger partial charge in [0, 0.05) is 6.04 Å². The lowest BCUT2D eigenvalue weighted by Gasteiger charge is -2.20. The van der Waals surface area contributed by atoms with Crippen LogP contribution in [0.5, 0.6) is 0 Å². The molecule has 64 valence electrons. The summed E-state index contributed by atoms with van der Waals surface area (Å²) in [6.45, 7) is 2.13. The Hall–Kier alpha value is -0.570. The lowest BCUT2D eigenvalue weighted by molar-refractivity contribution is -0.145. The first-order valence-electron chi connectivity index (χ1n) is 3.96. The number of nitrogens with zero attached hydrogens (tertiary/aromatic N) is 1. The summed E-state index contributed by atoms with van der Waals surface area (Å²) in [5.74, 6) is -0.100. The number of hydrogen-bond acceptors (Lipinski definition) is 3. The van der Waals surface area contributed by atoms with E-state index in [-0.39, 0.29) is 12.0 Å². The second-order valence-corrected chi connectivity index (χ2v) is 3.13. The molecule has 0 amide bonds. The number of methoxy groups -OCH3 is 1. The molecular formula is C8H15NO2. The molecule has 0 radical (unpaired) electrons. The first-order chi connectivity index (χ1) is 5.16. The van der Waals surface area contributed by atoms with Crippen LogP contribution in [0, 0.1) is 0 Å². The number of esters is 1. The minimum atomic E-state index is -0.100. The van der Waals surface area contributed by atoms with Gasteiger partial charge in [0.25, 0.3) is 0 Å². The van der Waals surface area contributed by atoms with Crippen molar-refractivity contribution in [3.8, 4) is 0 Å². The van der Waals surface area contributed by atoms with Crippen LogP contribution in [0.2, 0.25) is 0 Å². The molecule has 0 aromatic carbocycles. The van der Waals surface area contributed by atoms with Gasteiger partial charge < -0.3 is 4.74 Å². The maximum atomic E-state index is 11.1. The van der Waals surface area contributed by atoms with Crippen LogP contribution in [0.1, 0.15) is 19.8 Å². The van der Waals surface area contributed by atoms with E-state index in [4.69, 9.17) is 0 Å². The average Bonchev–Trinajstić information content (AvgIpc) is 2.32. The van der Waals surface area contributed by atoms with E-state index >= 15 is 0 Å². The van der Waals surface area contributed by atoms with Gasteiger partial charge >= 0.3 is 5.97 Å². The van der Waals surface area contributed by atoms with E-state index in [1.807, 2.05) is 7.05 Å². The zero-order valence-corrected chi connectivity index (χ0v) is 7.33. The summed E-state index contributed by atoms with van der Waals surface area (Å²) in [6.07, 6.45) is 2.03. The molecule has 1 heterocycles. The summed E-state index contributed by atoms with van der Waals surface area (Å²) < 4.78 is 4.67. The fourth-order valence-electron chi connectivity index (χ4n) is 1.53. The zero-order valence-electron chi connectivity index (χ0n) is 7.33. The zero-order chi connectivity index (χ0) is 8.43. The van der Waals surface area contributed by atoms with Crippen LogP contribution in [0.15, 0.2) is 0 Å². The van der Waals surface area contributed by atoms with E-state index in [1.54, 1.807) is 0 Å². The molecule has 1 aliphatic rings. The van der Waals surface area contributed by atoms with Gasteiger partial charge in [-0.05, 0) is 26.8 Å². The monoisotopic (exact) mass is 157 g/mol. The maximum absolute atomic E-state index is 11.1. The van der Waals surface area contributed by atoms with Crippen molar-refractivity contribution in [1.29, 1.82) is 0 Å². The summed E-state index contributed by atoms with van der Waals surface area (Å²) in [4.78, 5) is 13.2. The highest BCUT2D eigenvalue weighted by Crippen LogP contribution is 2.22. The third kappa shape index (κ3) is 1.53. The van der Waals surface area contributed by atoms with Crippen LogP contribution >= 0.6 is 0 Å². The minimum Gasteiger partial charge on any atom is -0.468 e. The van der Waals surface area contributed by atoms with Crippen molar-refractivity contribution >= 4 is 5.97 Å². The lowest BCUT2D eigenvalue weighted by atomic mass is 10.2. The van der Waals surface area contributed by atoms with Crippen molar-refractivity contribution in [3.05, 3.63) is 0 Å². The second-order valence-electron chi connectivity index (χ2n) is 3.13. The molecule has 0 bridgehead atoms. The summed E-state index contributed by atoms with van der Waals surface area (Å²) >= 11 is 0. The summed E-state index contributed by atoms with van der Waals surface area (Å²) in [6, 6.07) is 0.508. The highest BCUT2D eigenvalue weighted by molar-refractivity contribution is 5.76. The summed E-state index contributed by atoms with van der Waals surface area (Å²) in [5.41, 5.74) is 0. The minimum absolute atomic E-state index is 0.00463. The van der Waals surface area contributed by atoms with Crippen LogP contribution in [-0.2, 0) is 9.53 Å². The largest absolute Gasteiger partial charge is 0.468 e. The van der Waals surface area contributed by atoms with E-state index in [0.717, 1.165) is 12.8 Å². The molecule has 1 unspecified atom stereocenters. The molecule has 1 aliphatic heterocycles. The van der Waals surface area contributed by atoms with Gasteiger partial charge in [0.05, 0.1) is 7.11 Å². The fourth-order valence-corrected chi connectivity index (χ4v) is 1.53. The number of carbonyl (C=O) groups is 1. The summed E-state index contributed by atoms with van der Waals surface area (Å²) in [5, 5.41) is 0. The smallest absolute Gasteiger partial charge is 0.323 e. The highest BCUT2D eigenvalue weighted by Gasteiger charge is 2.33. The number of ether oxygens (including phenoxy) is 1. The van der Waals surface area contributed by atoms with Gasteiger partial charge in [0.15, 0.2) is 0 Å². The average molecular weight is 157 g/mol. The molecular weight excluding hydrogens is 142 g/mol. The first kappa shape index (κ1) is 8.53. The number of hydrogen-bond donors (Lipinski definition) is 0. The molecule has 3 nitrogen and oxygen atoms in total. The highest BCUT2D eigenvalue weighted by atomic mass is 16.5. The van der Waals surface area contributed by atoms with Gasteiger partial charge in [0.1, 0.15) is 6.04 Å². The lowest BCUT2D eigenvalue weighted by Crippen LogP contribution is -2.36. The van der Waals surface area contributed by atoms with Crippen LogP contribution < -0.4 is 0 Å². The van der Waals surface area contributed by atoms with Gasteiger partial charge in [-0.2, -0.15) is 0 Å². The van der Waals surface area contributed by atoms with Gasteiger partial charge in [-0.15, -0.1) is 0 Å². The molecule has 3 heteroatoms. The van der Waals surface area contributed by atoms with Crippen molar-refractivity contribution in [3.63, 3.8) is 0 Å². The molecule has 1 fully saturated rings. The van der Waals surface area contributed by atoms with E-state index in [0.29, 0.717) is 6.04 Å². The van der Waals surface area contributed by atoms with Crippen LogP contribution in [0.3, 0.4) is 0 Å². The van der Waals surface area contributed by atoms with E-state index in [2.05, 4.69) is 16.6 Å². The Labute approximate surface area is 67.3 Å². The number of rotatable bonds is 1. The Balaban J connectivity index is 2.54. The summed E-state index contributed by atoms with van der Waals surface area (Å²) in [7, 11) is 3.42. The van der Waals surface area contributed by atoms with Crippen LogP contribution in [-0.4, -0.2) is 37.1 Å². The normalized spacial score (nSPS) is 32.3. The van der Waals surface area contributed by atoms with Crippen molar-refractivity contribution < 1.29 is 9.53 Å². The van der Waals surface area contributed by atoms with Crippen molar-refractivity contribution in [2.45, 2.75) is 31.8 Å². The number of carbonyl (C=O) groups excluding carboxylic acids is 1. The standard InChI is InChI=1S/C8H15NO2/c1-6-4-5-7(9(6)2)8(10)11-3/h6-7H,4-5H2,1-3H3/t6?,7-/m0/s1. The molecule has 0 N–H and O–H groups in total. The van der Waals surface area contributed by atoms with E-state index in [9.17, 15) is 4.79 Å². The second kappa shape index (κ2) is 3.22. The Morgan fingerprint density at radius 3 is 2.55 bits per heavy atom. The SMILES string of the molecule is COC(=O)[C@@H]1CCC(C)N1C. The molecule has 0 spiro atoms. The Kier molecular flexibility index (Phi) is 2.49. The van der Waals surface area contributed by atoms with Gasteiger partial charge in [-0.1, -0.05) is 0 Å². The quantitative estimate of drug-likeness (QED) is 0.523. The molecule has 0 aromatic rings. The van der Waals surface area contributed by atoms with Gasteiger partial charge in [-0.25, -0.2) is 0 Å². The van der Waals surface area contributed by atoms with Crippen molar-refractivity contribution in [2.75, 3.05) is 14.2 Å². The molecule has 11 heavy (non-hydrogen) atoms. The van der Waals surface area contributed by atoms with E-state index < -0.39 is 0 Å². The third-order valence-corrected chi connectivity index (χ3v) is 2.52. The van der Waals surface area contributed by atoms with Crippen LogP contribution in [0.4, 0.5) is 0 Å². The molecule has 1 saturated heterocycles. The maximum Gasteiger partial charge on any atom is 0.323 e. The number of likely N-dealkylation sites (tertiary alicyclic amines) is 1. The molecule has 0 saturated carbocycles. The first-order valence-corrected chi connectivity index (χ1v) is 3.96. The predicted octanol–water partition coefficient (Wildman–Crippen LogP) is 0.642. The van der Waals surface area contributed by atoms with Crippen molar-refractivity contribution in [2.24, 2.45) is 0 Å². The molecule has 2 atom stereocenters. The van der Waals surface area contributed by atoms with E-state index in [1.165, 1.54) is 7.11 Å². The van der Waals surface area contributed by atoms with Gasteiger partial charge in [0.2, 0.25) is 0 Å².